The van der Waals surface area contributed by atoms with E-state index in [0.717, 1.165) is 24.7 Å². The van der Waals surface area contributed by atoms with Crippen molar-refractivity contribution in [2.75, 3.05) is 25.5 Å². The zero-order valence-corrected chi connectivity index (χ0v) is 10.5. The summed E-state index contributed by atoms with van der Waals surface area (Å²) in [6, 6.07) is 2.29. The molecule has 5 nitrogen and oxygen atoms in total. The summed E-state index contributed by atoms with van der Waals surface area (Å²) < 4.78 is 5.14. The van der Waals surface area contributed by atoms with Gasteiger partial charge < -0.3 is 15.4 Å². The van der Waals surface area contributed by atoms with E-state index in [9.17, 15) is 0 Å². The molecule has 17 heavy (non-hydrogen) atoms. The maximum Gasteiger partial charge on any atom is 0.218 e. The average Bonchev–Trinajstić information content (AvgIpc) is 2.57. The average molecular weight is 236 g/mol. The Morgan fingerprint density at radius 1 is 1.41 bits per heavy atom. The van der Waals surface area contributed by atoms with Crippen LogP contribution in [0, 0.1) is 6.92 Å². The van der Waals surface area contributed by atoms with Crippen molar-refractivity contribution < 1.29 is 4.74 Å². The van der Waals surface area contributed by atoms with Crippen molar-refractivity contribution in [2.24, 2.45) is 0 Å². The number of aryl methyl sites for hydroxylation is 1. The molecule has 2 heterocycles. The highest BCUT2D eigenvalue weighted by atomic mass is 16.5. The summed E-state index contributed by atoms with van der Waals surface area (Å²) in [6.07, 6.45) is 3.69. The molecule has 0 bridgehead atoms. The number of nitrogens with zero attached hydrogens (tertiary/aromatic N) is 2. The quantitative estimate of drug-likeness (QED) is 0.829. The highest BCUT2D eigenvalue weighted by Crippen LogP contribution is 2.15. The molecule has 0 saturated carbocycles. The molecule has 5 heteroatoms. The molecular weight excluding hydrogens is 216 g/mol. The number of ether oxygens (including phenoxy) is 1. The monoisotopic (exact) mass is 236 g/mol. The Morgan fingerprint density at radius 2 is 2.29 bits per heavy atom. The number of hydrogen-bond donors (Lipinski definition) is 2. The van der Waals surface area contributed by atoms with Gasteiger partial charge in [0, 0.05) is 18.7 Å². The van der Waals surface area contributed by atoms with Crippen LogP contribution in [0.3, 0.4) is 0 Å². The minimum absolute atomic E-state index is 0.441. The molecule has 1 saturated heterocycles. The molecule has 0 spiro atoms. The van der Waals surface area contributed by atoms with Gasteiger partial charge in [-0.15, -0.1) is 0 Å². The van der Waals surface area contributed by atoms with Crippen LogP contribution < -0.4 is 15.4 Å². The van der Waals surface area contributed by atoms with Crippen LogP contribution in [0.1, 0.15) is 25.1 Å². The van der Waals surface area contributed by atoms with E-state index >= 15 is 0 Å². The van der Waals surface area contributed by atoms with E-state index in [1.807, 2.05) is 13.0 Å². The van der Waals surface area contributed by atoms with E-state index < -0.39 is 0 Å². The Labute approximate surface area is 102 Å². The molecule has 0 radical (unpaired) electrons. The van der Waals surface area contributed by atoms with Crippen molar-refractivity contribution in [3.8, 4) is 5.88 Å². The summed E-state index contributed by atoms with van der Waals surface area (Å²) in [6.45, 7) is 3.98. The third-order valence-electron chi connectivity index (χ3n) is 2.92. The maximum atomic E-state index is 5.14. The van der Waals surface area contributed by atoms with Gasteiger partial charge in [0.25, 0.3) is 0 Å². The van der Waals surface area contributed by atoms with Crippen molar-refractivity contribution >= 4 is 5.82 Å². The van der Waals surface area contributed by atoms with Crippen LogP contribution in [0.2, 0.25) is 0 Å². The molecule has 1 aliphatic rings. The van der Waals surface area contributed by atoms with Crippen LogP contribution >= 0.6 is 0 Å². The van der Waals surface area contributed by atoms with Crippen molar-refractivity contribution in [3.63, 3.8) is 0 Å². The fourth-order valence-electron chi connectivity index (χ4n) is 2.07. The molecule has 1 aromatic heterocycles. The van der Waals surface area contributed by atoms with E-state index in [4.69, 9.17) is 4.74 Å². The fourth-order valence-corrected chi connectivity index (χ4v) is 2.07. The van der Waals surface area contributed by atoms with Gasteiger partial charge in [-0.3, -0.25) is 0 Å². The van der Waals surface area contributed by atoms with Gasteiger partial charge in [0.1, 0.15) is 11.6 Å². The molecule has 1 aliphatic heterocycles. The van der Waals surface area contributed by atoms with Crippen LogP contribution in [0.5, 0.6) is 5.88 Å². The second-order valence-corrected chi connectivity index (χ2v) is 4.38. The van der Waals surface area contributed by atoms with Gasteiger partial charge in [-0.2, -0.15) is 4.98 Å². The zero-order chi connectivity index (χ0) is 12.1. The van der Waals surface area contributed by atoms with Crippen LogP contribution in [0.15, 0.2) is 6.07 Å². The lowest BCUT2D eigenvalue weighted by Gasteiger charge is -2.17. The Balaban J connectivity index is 2.03. The number of anilines is 1. The maximum absolute atomic E-state index is 5.14. The molecule has 94 valence electrons. The van der Waals surface area contributed by atoms with Gasteiger partial charge in [0.2, 0.25) is 5.88 Å². The second kappa shape index (κ2) is 5.82. The molecular formula is C12H20N4O. The first-order valence-corrected chi connectivity index (χ1v) is 6.15. The highest BCUT2D eigenvalue weighted by molar-refractivity contribution is 5.39. The summed E-state index contributed by atoms with van der Waals surface area (Å²) in [7, 11) is 1.62. The minimum atomic E-state index is 0.441. The summed E-state index contributed by atoms with van der Waals surface area (Å²) in [4.78, 5) is 8.55. The summed E-state index contributed by atoms with van der Waals surface area (Å²) >= 11 is 0. The predicted molar refractivity (Wildman–Crippen MR) is 67.5 cm³/mol. The van der Waals surface area contributed by atoms with E-state index in [1.54, 1.807) is 7.11 Å². The molecule has 2 rings (SSSR count). The molecule has 2 N–H and O–H groups in total. The molecule has 1 aromatic rings. The third kappa shape index (κ3) is 3.56. The summed E-state index contributed by atoms with van der Waals surface area (Å²) in [5, 5.41) is 6.87. The molecule has 0 aromatic carbocycles. The summed E-state index contributed by atoms with van der Waals surface area (Å²) in [5.74, 6) is 2.19. The largest absolute Gasteiger partial charge is 0.481 e. The first-order chi connectivity index (χ1) is 8.28. The van der Waals surface area contributed by atoms with Crippen molar-refractivity contribution in [1.82, 2.24) is 15.3 Å². The Kier molecular flexibility index (Phi) is 4.14. The number of nitrogens with one attached hydrogen (secondary N) is 2. The first kappa shape index (κ1) is 12.1. The minimum Gasteiger partial charge on any atom is -0.481 e. The molecule has 1 fully saturated rings. The molecule has 0 aliphatic carbocycles. The standard InChI is InChI=1S/C12H20N4O/c1-9-14-11(7-12(15-9)17-2)16-10-5-3-4-6-13-8-10/h7,10,13H,3-6,8H2,1-2H3,(H,14,15,16). The van der Waals surface area contributed by atoms with Crippen LogP contribution in [0.25, 0.3) is 0 Å². The Hall–Kier alpha value is -1.36. The number of aromatic nitrogens is 2. The number of methoxy groups -OCH3 is 1. The SMILES string of the molecule is COc1cc(NC2CCCCNC2)nc(C)n1. The lowest BCUT2D eigenvalue weighted by atomic mass is 10.1. The lowest BCUT2D eigenvalue weighted by Crippen LogP contribution is -2.31. The van der Waals surface area contributed by atoms with E-state index in [1.165, 1.54) is 19.3 Å². The third-order valence-corrected chi connectivity index (χ3v) is 2.92. The van der Waals surface area contributed by atoms with Gasteiger partial charge in [-0.05, 0) is 26.3 Å². The van der Waals surface area contributed by atoms with Gasteiger partial charge in [-0.25, -0.2) is 4.98 Å². The zero-order valence-electron chi connectivity index (χ0n) is 10.5. The Bertz CT molecular complexity index is 362. The molecule has 1 atom stereocenters. The van der Waals surface area contributed by atoms with Crippen LogP contribution in [-0.4, -0.2) is 36.2 Å². The van der Waals surface area contributed by atoms with Gasteiger partial charge in [-0.1, -0.05) is 6.42 Å². The van der Waals surface area contributed by atoms with Crippen molar-refractivity contribution in [1.29, 1.82) is 0 Å². The topological polar surface area (TPSA) is 59.1 Å². The number of rotatable bonds is 3. The van der Waals surface area contributed by atoms with Crippen LogP contribution in [-0.2, 0) is 0 Å². The smallest absolute Gasteiger partial charge is 0.218 e. The van der Waals surface area contributed by atoms with E-state index in [0.29, 0.717) is 11.9 Å². The second-order valence-electron chi connectivity index (χ2n) is 4.38. The van der Waals surface area contributed by atoms with E-state index in [-0.39, 0.29) is 0 Å². The molecule has 0 amide bonds. The predicted octanol–water partition coefficient (Wildman–Crippen LogP) is 1.35. The van der Waals surface area contributed by atoms with Crippen LogP contribution in [0.4, 0.5) is 5.82 Å². The molecule has 1 unspecified atom stereocenters. The van der Waals surface area contributed by atoms with Gasteiger partial charge in [0.05, 0.1) is 7.11 Å². The van der Waals surface area contributed by atoms with E-state index in [2.05, 4.69) is 20.6 Å². The first-order valence-electron chi connectivity index (χ1n) is 6.15. The normalized spacial score (nSPS) is 20.7. The van der Waals surface area contributed by atoms with Crippen molar-refractivity contribution in [2.45, 2.75) is 32.2 Å². The lowest BCUT2D eigenvalue weighted by molar-refractivity contribution is 0.395. The van der Waals surface area contributed by atoms with Crippen molar-refractivity contribution in [3.05, 3.63) is 11.9 Å². The van der Waals surface area contributed by atoms with Gasteiger partial charge >= 0.3 is 0 Å². The fraction of sp³-hybridized carbons (Fsp3) is 0.667. The summed E-state index contributed by atoms with van der Waals surface area (Å²) in [5.41, 5.74) is 0. The highest BCUT2D eigenvalue weighted by Gasteiger charge is 2.12. The Morgan fingerprint density at radius 3 is 3.12 bits per heavy atom. The van der Waals surface area contributed by atoms with Gasteiger partial charge in [0.15, 0.2) is 0 Å². The number of hydrogen-bond acceptors (Lipinski definition) is 5.